The summed E-state index contributed by atoms with van der Waals surface area (Å²) in [6, 6.07) is 2.02. The molecule has 1 aliphatic rings. The van der Waals surface area contributed by atoms with E-state index >= 15 is 0 Å². The molecule has 1 aromatic carbocycles. The SMILES string of the molecule is CC1c2nn(C(F)F)c(-c3cc(F)cc(F)c3)c2CCN1C(=O)OC(C)(C)C. The van der Waals surface area contributed by atoms with Crippen molar-refractivity contribution in [3.63, 3.8) is 0 Å². The topological polar surface area (TPSA) is 47.4 Å². The van der Waals surface area contributed by atoms with Crippen LogP contribution in [0.3, 0.4) is 0 Å². The molecule has 1 unspecified atom stereocenters. The molecular formula is C19H21F4N3O2. The number of benzene rings is 1. The Morgan fingerprint density at radius 2 is 1.82 bits per heavy atom. The number of rotatable bonds is 2. The van der Waals surface area contributed by atoms with Crippen LogP contribution in [0, 0.1) is 11.6 Å². The van der Waals surface area contributed by atoms with E-state index in [1.165, 1.54) is 4.90 Å². The Balaban J connectivity index is 2.06. The molecule has 0 fully saturated rings. The van der Waals surface area contributed by atoms with Gasteiger partial charge in [-0.2, -0.15) is 13.9 Å². The van der Waals surface area contributed by atoms with Crippen LogP contribution in [0.15, 0.2) is 18.2 Å². The van der Waals surface area contributed by atoms with E-state index in [1.807, 2.05) is 0 Å². The normalized spacial score (nSPS) is 17.0. The van der Waals surface area contributed by atoms with E-state index in [2.05, 4.69) is 5.10 Å². The molecule has 0 bridgehead atoms. The maximum atomic E-state index is 13.7. The minimum absolute atomic E-state index is 0.0236. The van der Waals surface area contributed by atoms with Crippen molar-refractivity contribution in [1.29, 1.82) is 0 Å². The van der Waals surface area contributed by atoms with Gasteiger partial charge in [0.1, 0.15) is 17.2 Å². The first-order valence-electron chi connectivity index (χ1n) is 8.83. The van der Waals surface area contributed by atoms with Gasteiger partial charge in [0.15, 0.2) is 0 Å². The molecule has 28 heavy (non-hydrogen) atoms. The number of alkyl halides is 2. The smallest absolute Gasteiger partial charge is 0.410 e. The van der Waals surface area contributed by atoms with Crippen LogP contribution in [0.5, 0.6) is 0 Å². The average Bonchev–Trinajstić information content (AvgIpc) is 2.93. The van der Waals surface area contributed by atoms with E-state index in [0.29, 0.717) is 16.3 Å². The molecular weight excluding hydrogens is 378 g/mol. The maximum absolute atomic E-state index is 13.7. The number of aromatic nitrogens is 2. The molecule has 0 aliphatic carbocycles. The summed E-state index contributed by atoms with van der Waals surface area (Å²) >= 11 is 0. The largest absolute Gasteiger partial charge is 0.444 e. The molecule has 0 spiro atoms. The summed E-state index contributed by atoms with van der Waals surface area (Å²) in [4.78, 5) is 13.8. The summed E-state index contributed by atoms with van der Waals surface area (Å²) in [7, 11) is 0. The van der Waals surface area contributed by atoms with E-state index in [9.17, 15) is 22.4 Å². The number of carbonyl (C=O) groups excluding carboxylic acids is 1. The summed E-state index contributed by atoms with van der Waals surface area (Å²) in [5.41, 5.74) is -0.0674. The molecule has 0 saturated heterocycles. The van der Waals surface area contributed by atoms with Crippen molar-refractivity contribution in [2.24, 2.45) is 0 Å². The summed E-state index contributed by atoms with van der Waals surface area (Å²) < 4.78 is 60.4. The Morgan fingerprint density at radius 3 is 2.36 bits per heavy atom. The van der Waals surface area contributed by atoms with E-state index in [4.69, 9.17) is 4.74 Å². The lowest BCUT2D eigenvalue weighted by molar-refractivity contribution is 0.0153. The van der Waals surface area contributed by atoms with Gasteiger partial charge in [-0.25, -0.2) is 18.3 Å². The Bertz CT molecular complexity index is 885. The summed E-state index contributed by atoms with van der Waals surface area (Å²) in [6.45, 7) is 4.05. The lowest BCUT2D eigenvalue weighted by atomic mass is 9.96. The Hall–Kier alpha value is -2.58. The van der Waals surface area contributed by atoms with Gasteiger partial charge >= 0.3 is 12.6 Å². The Labute approximate surface area is 159 Å². The molecule has 1 atom stereocenters. The van der Waals surface area contributed by atoms with Gasteiger partial charge in [0, 0.05) is 23.7 Å². The Morgan fingerprint density at radius 1 is 1.21 bits per heavy atom. The molecule has 2 heterocycles. The molecule has 3 rings (SSSR count). The molecule has 0 radical (unpaired) electrons. The molecule has 152 valence electrons. The van der Waals surface area contributed by atoms with Crippen molar-refractivity contribution in [3.8, 4) is 11.3 Å². The number of fused-ring (bicyclic) bond motifs is 1. The fourth-order valence-electron chi connectivity index (χ4n) is 3.35. The fraction of sp³-hybridized carbons (Fsp3) is 0.474. The number of carbonyl (C=O) groups is 1. The number of hydrogen-bond donors (Lipinski definition) is 0. The van der Waals surface area contributed by atoms with Crippen LogP contribution < -0.4 is 0 Å². The van der Waals surface area contributed by atoms with E-state index in [0.717, 1.165) is 12.1 Å². The molecule has 0 saturated carbocycles. The summed E-state index contributed by atoms with van der Waals surface area (Å²) in [5.74, 6) is -1.74. The number of halogens is 4. The number of hydrogen-bond acceptors (Lipinski definition) is 3. The third kappa shape index (κ3) is 3.83. The van der Waals surface area contributed by atoms with Crippen molar-refractivity contribution < 1.29 is 27.1 Å². The van der Waals surface area contributed by atoms with E-state index in [-0.39, 0.29) is 29.9 Å². The van der Waals surface area contributed by atoms with Crippen LogP contribution in [0.25, 0.3) is 11.3 Å². The molecule has 5 nitrogen and oxygen atoms in total. The quantitative estimate of drug-likeness (QED) is 0.662. The third-order valence-electron chi connectivity index (χ3n) is 4.45. The van der Waals surface area contributed by atoms with Crippen LogP contribution in [0.1, 0.15) is 51.5 Å². The highest BCUT2D eigenvalue weighted by molar-refractivity contribution is 5.71. The molecule has 1 aliphatic heterocycles. The van der Waals surface area contributed by atoms with Crippen LogP contribution in [-0.4, -0.2) is 32.9 Å². The second-order valence-corrected chi connectivity index (χ2v) is 7.69. The third-order valence-corrected chi connectivity index (χ3v) is 4.45. The minimum atomic E-state index is -3.01. The van der Waals surface area contributed by atoms with Gasteiger partial charge < -0.3 is 4.74 Å². The highest BCUT2D eigenvalue weighted by Gasteiger charge is 2.36. The van der Waals surface area contributed by atoms with Crippen molar-refractivity contribution >= 4 is 6.09 Å². The van der Waals surface area contributed by atoms with Crippen molar-refractivity contribution in [2.75, 3.05) is 6.54 Å². The van der Waals surface area contributed by atoms with Crippen LogP contribution in [0.2, 0.25) is 0 Å². The summed E-state index contributed by atoms with van der Waals surface area (Å²) in [6.07, 6.45) is -0.366. The molecule has 1 amide bonds. The lowest BCUT2D eigenvalue weighted by Gasteiger charge is -2.34. The molecule has 0 N–H and O–H groups in total. The van der Waals surface area contributed by atoms with Crippen LogP contribution >= 0.6 is 0 Å². The van der Waals surface area contributed by atoms with Gasteiger partial charge in [-0.1, -0.05) is 0 Å². The van der Waals surface area contributed by atoms with Crippen molar-refractivity contribution in [1.82, 2.24) is 14.7 Å². The van der Waals surface area contributed by atoms with Gasteiger partial charge in [-0.3, -0.25) is 4.90 Å². The van der Waals surface area contributed by atoms with Crippen molar-refractivity contribution in [2.45, 2.75) is 52.3 Å². The summed E-state index contributed by atoms with van der Waals surface area (Å²) in [5, 5.41) is 3.97. The van der Waals surface area contributed by atoms with Gasteiger partial charge in [-0.15, -0.1) is 0 Å². The second-order valence-electron chi connectivity index (χ2n) is 7.69. The molecule has 1 aromatic heterocycles. The maximum Gasteiger partial charge on any atom is 0.410 e. The number of nitrogens with zero attached hydrogens (tertiary/aromatic N) is 3. The van der Waals surface area contributed by atoms with Crippen LogP contribution in [-0.2, 0) is 11.2 Å². The van der Waals surface area contributed by atoms with Crippen LogP contribution in [0.4, 0.5) is 22.4 Å². The van der Waals surface area contributed by atoms with Crippen molar-refractivity contribution in [3.05, 3.63) is 41.1 Å². The zero-order valence-electron chi connectivity index (χ0n) is 16.0. The lowest BCUT2D eigenvalue weighted by Crippen LogP contribution is -2.42. The van der Waals surface area contributed by atoms with Gasteiger partial charge in [0.2, 0.25) is 0 Å². The highest BCUT2D eigenvalue weighted by atomic mass is 19.3. The zero-order valence-corrected chi connectivity index (χ0v) is 16.0. The molecule has 9 heteroatoms. The highest BCUT2D eigenvalue weighted by Crippen LogP contribution is 2.38. The number of ether oxygens (including phenoxy) is 1. The minimum Gasteiger partial charge on any atom is -0.444 e. The first-order valence-corrected chi connectivity index (χ1v) is 8.83. The van der Waals surface area contributed by atoms with Gasteiger partial charge in [0.05, 0.1) is 17.4 Å². The Kier molecular flexibility index (Phi) is 5.12. The zero-order chi connectivity index (χ0) is 20.8. The first kappa shape index (κ1) is 20.2. The predicted octanol–water partition coefficient (Wildman–Crippen LogP) is 5.08. The first-order chi connectivity index (χ1) is 13.0. The second kappa shape index (κ2) is 7.10. The van der Waals surface area contributed by atoms with E-state index in [1.54, 1.807) is 27.7 Å². The van der Waals surface area contributed by atoms with Gasteiger partial charge in [0.25, 0.3) is 0 Å². The van der Waals surface area contributed by atoms with E-state index < -0.39 is 35.9 Å². The standard InChI is InChI=1S/C19H21F4N3O2/c1-10-15-14(5-6-25(10)18(27)28-19(2,3)4)16(26(24-15)17(22)23)11-7-12(20)9-13(21)8-11/h7-10,17H,5-6H2,1-4H3. The monoisotopic (exact) mass is 399 g/mol. The molecule has 2 aromatic rings. The van der Waals surface area contributed by atoms with Gasteiger partial charge in [-0.05, 0) is 46.2 Å². The predicted molar refractivity (Wildman–Crippen MR) is 93.9 cm³/mol. The number of amides is 1. The average molecular weight is 399 g/mol. The fourth-order valence-corrected chi connectivity index (χ4v) is 3.35.